The van der Waals surface area contributed by atoms with E-state index in [4.69, 9.17) is 74.0 Å². The molecule has 0 aliphatic carbocycles. The van der Waals surface area contributed by atoms with E-state index in [1.807, 2.05) is 20.8 Å². The lowest BCUT2D eigenvalue weighted by Gasteiger charge is -2.22. The average Bonchev–Trinajstić information content (AvgIpc) is 0.798. The van der Waals surface area contributed by atoms with Gasteiger partial charge in [-0.05, 0) is 99.7 Å². The summed E-state index contributed by atoms with van der Waals surface area (Å²) in [4.78, 5) is 68.2. The third kappa shape index (κ3) is 49.5. The van der Waals surface area contributed by atoms with Gasteiger partial charge in [0.15, 0.2) is 46.1 Å². The Bertz CT molecular complexity index is 2330. The fourth-order valence-electron chi connectivity index (χ4n) is 8.73. The molecule has 0 aromatic carbocycles. The van der Waals surface area contributed by atoms with Gasteiger partial charge in [-0.3, -0.25) is 19.2 Å². The number of nitrogens with zero attached hydrogens (tertiary/aromatic N) is 4. The number of carbonyl (C=O) groups is 4. The van der Waals surface area contributed by atoms with Crippen LogP contribution in [0.25, 0.3) is 0 Å². The zero-order chi connectivity index (χ0) is 70.6. The van der Waals surface area contributed by atoms with Gasteiger partial charge in [0, 0.05) is 84.2 Å². The van der Waals surface area contributed by atoms with Crippen molar-refractivity contribution in [2.45, 2.75) is 192 Å². The van der Waals surface area contributed by atoms with Crippen LogP contribution in [0.1, 0.15) is 234 Å². The number of nitrogen functional groups attached to an aromatic ring is 3. The second-order valence-corrected chi connectivity index (χ2v) is 27.9. The van der Waals surface area contributed by atoms with Gasteiger partial charge in [0.2, 0.25) is 0 Å². The van der Waals surface area contributed by atoms with Crippen LogP contribution in [0.5, 0.6) is 0 Å². The summed E-state index contributed by atoms with van der Waals surface area (Å²) in [5, 5.41) is 5.55. The van der Waals surface area contributed by atoms with Crippen LogP contribution in [-0.4, -0.2) is 215 Å². The van der Waals surface area contributed by atoms with Crippen LogP contribution in [0, 0.1) is 16.2 Å². The van der Waals surface area contributed by atoms with Gasteiger partial charge in [0.05, 0.1) is 111 Å². The molecule has 0 fully saturated rings. The topological polar surface area (TPSA) is 333 Å². The Morgan fingerprint density at radius 2 is 0.568 bits per heavy atom. The molecule has 95 heavy (non-hydrogen) atoms. The van der Waals surface area contributed by atoms with E-state index < -0.39 is 17.2 Å². The monoisotopic (exact) mass is 1350 g/mol. The third-order valence-electron chi connectivity index (χ3n) is 13.9. The molecular formula is C70H129N9O16. The first-order valence-electron chi connectivity index (χ1n) is 34.8. The quantitative estimate of drug-likeness (QED) is 0.0304. The van der Waals surface area contributed by atoms with Gasteiger partial charge >= 0.3 is 0 Å². The van der Waals surface area contributed by atoms with Gasteiger partial charge in [-0.1, -0.05) is 90.0 Å². The normalized spacial score (nSPS) is 12.1. The summed E-state index contributed by atoms with van der Waals surface area (Å²) in [5.41, 5.74) is 19.1. The van der Waals surface area contributed by atoms with E-state index >= 15 is 0 Å². The maximum atomic E-state index is 13.2. The minimum Gasteiger partial charge on any atom is -0.382 e. The minimum absolute atomic E-state index is 0.0223. The maximum absolute atomic E-state index is 13.2. The van der Waals surface area contributed by atoms with Crippen molar-refractivity contribution in [2.75, 3.05) is 189 Å². The summed E-state index contributed by atoms with van der Waals surface area (Å²) in [6.07, 6.45) is 11.9. The highest BCUT2D eigenvalue weighted by Gasteiger charge is 2.29. The molecule has 2 rings (SSSR count). The summed E-state index contributed by atoms with van der Waals surface area (Å²) in [6.45, 7) is 42.0. The van der Waals surface area contributed by atoms with Crippen molar-refractivity contribution in [2.24, 2.45) is 16.2 Å². The van der Waals surface area contributed by atoms with Crippen molar-refractivity contribution >= 4 is 40.8 Å². The van der Waals surface area contributed by atoms with E-state index in [0.29, 0.717) is 199 Å². The largest absolute Gasteiger partial charge is 0.382 e. The van der Waals surface area contributed by atoms with Gasteiger partial charge in [0.1, 0.15) is 5.69 Å². The third-order valence-corrected chi connectivity index (χ3v) is 13.9. The molecule has 0 saturated heterocycles. The summed E-state index contributed by atoms with van der Waals surface area (Å²) in [7, 11) is 0. The molecular weight excluding hydrogens is 1220 g/mol. The lowest BCUT2D eigenvalue weighted by atomic mass is 9.88. The number of rotatable bonds is 57. The van der Waals surface area contributed by atoms with E-state index in [9.17, 15) is 19.2 Å². The predicted molar refractivity (Wildman–Crippen MR) is 372 cm³/mol. The van der Waals surface area contributed by atoms with Crippen LogP contribution in [0.2, 0.25) is 0 Å². The molecule has 2 heterocycles. The SMILES string of the molecule is CC(C)(C)CCCOCCOCCOCCCCC(=O)c1nc(N)c(C(=O)NCCCOCCOCCOCCCC(C)(C)C)nc1C(C)(C)C.CCCOCCOCCOCCCCC(=O)c1nc(N)c(C(=O)NCCCOCCOCCOCCCC(C)(C)C)nc1N. The lowest BCUT2D eigenvalue weighted by Crippen LogP contribution is -2.30. The number of nitrogens with one attached hydrogen (secondary N) is 2. The lowest BCUT2D eigenvalue weighted by molar-refractivity contribution is 0.0124. The molecule has 2 aromatic rings. The molecule has 550 valence electrons. The predicted octanol–water partition coefficient (Wildman–Crippen LogP) is 10.0. The van der Waals surface area contributed by atoms with Crippen molar-refractivity contribution in [3.8, 4) is 0 Å². The molecule has 8 N–H and O–H groups in total. The highest BCUT2D eigenvalue weighted by atomic mass is 16.6. The Hall–Kier alpha value is -4.64. The number of nitrogens with two attached hydrogens (primary N) is 3. The molecule has 25 heteroatoms. The number of ether oxygens (including phenoxy) is 12. The second-order valence-electron chi connectivity index (χ2n) is 27.9. The minimum atomic E-state index is -0.518. The van der Waals surface area contributed by atoms with Crippen molar-refractivity contribution in [3.05, 3.63) is 28.5 Å². The highest BCUT2D eigenvalue weighted by molar-refractivity contribution is 6.02. The van der Waals surface area contributed by atoms with E-state index in [2.05, 4.69) is 99.8 Å². The molecule has 0 radical (unpaired) electrons. The van der Waals surface area contributed by atoms with Crippen LogP contribution < -0.4 is 27.8 Å². The number of anilines is 3. The van der Waals surface area contributed by atoms with E-state index in [1.165, 1.54) is 0 Å². The number of Topliss-reactive ketones (excluding diaryl/α,β-unsaturated/α-hetero) is 2. The van der Waals surface area contributed by atoms with Gasteiger partial charge in [-0.15, -0.1) is 0 Å². The average molecular weight is 1350 g/mol. The smallest absolute Gasteiger partial charge is 0.273 e. The van der Waals surface area contributed by atoms with Crippen LogP contribution in [0.4, 0.5) is 17.5 Å². The molecule has 0 aliphatic rings. The van der Waals surface area contributed by atoms with Crippen LogP contribution in [0.3, 0.4) is 0 Å². The standard InChI is InChI=1S/C39H72N4O8.C31H57N5O8/c1-37(2,3)16-12-20-47-24-28-50-27-23-46-19-11-10-15-31(44)32-34(39(7,8)9)42-33(35(40)43-32)36(45)41-18-14-22-49-26-30-51-29-25-48-21-13-17-38(4,5)6;1-5-13-39-17-21-43-22-18-40-14-7-6-10-25(37)26-28(32)36-27(29(33)35-26)30(38)34-12-9-16-42-20-24-44-23-19-41-15-8-11-31(2,3)4/h10-30H2,1-9H3,(H2,40,43)(H,41,45);5-24H2,1-4H3,(H2,32,36)(H2,33,35)(H,34,38). The molecule has 0 spiro atoms. The van der Waals surface area contributed by atoms with Gasteiger partial charge in [0.25, 0.3) is 11.8 Å². The molecule has 25 nitrogen and oxygen atoms in total. The molecule has 0 aliphatic heterocycles. The van der Waals surface area contributed by atoms with Gasteiger partial charge in [-0.25, -0.2) is 19.9 Å². The van der Waals surface area contributed by atoms with E-state index in [1.54, 1.807) is 0 Å². The Morgan fingerprint density at radius 1 is 0.316 bits per heavy atom. The summed E-state index contributed by atoms with van der Waals surface area (Å²) in [6, 6.07) is 0. The Morgan fingerprint density at radius 3 is 0.884 bits per heavy atom. The number of unbranched alkanes of at least 4 members (excludes halogenated alkanes) is 2. The molecule has 2 aromatic heterocycles. The first kappa shape index (κ1) is 88.4. The van der Waals surface area contributed by atoms with E-state index in [-0.39, 0.29) is 64.6 Å². The van der Waals surface area contributed by atoms with Crippen molar-refractivity contribution in [1.82, 2.24) is 30.6 Å². The summed E-state index contributed by atoms with van der Waals surface area (Å²) in [5.74, 6) is -1.70. The van der Waals surface area contributed by atoms with Crippen molar-refractivity contribution in [1.29, 1.82) is 0 Å². The van der Waals surface area contributed by atoms with Crippen LogP contribution in [0.15, 0.2) is 0 Å². The Kier molecular flexibility index (Phi) is 49.6. The fourth-order valence-corrected chi connectivity index (χ4v) is 8.73. The number of hydrogen-bond donors (Lipinski definition) is 5. The molecule has 2 amide bonds. The van der Waals surface area contributed by atoms with Crippen molar-refractivity contribution in [3.63, 3.8) is 0 Å². The van der Waals surface area contributed by atoms with Crippen LogP contribution >= 0.6 is 0 Å². The maximum Gasteiger partial charge on any atom is 0.273 e. The molecule has 0 saturated carbocycles. The number of hydrogen-bond acceptors (Lipinski definition) is 23. The number of aromatic nitrogens is 4. The van der Waals surface area contributed by atoms with Crippen LogP contribution in [-0.2, 0) is 62.3 Å². The molecule has 0 bridgehead atoms. The molecule has 0 atom stereocenters. The van der Waals surface area contributed by atoms with E-state index in [0.717, 1.165) is 77.8 Å². The highest BCUT2D eigenvalue weighted by Crippen LogP contribution is 2.27. The second kappa shape index (κ2) is 53.3. The zero-order valence-corrected chi connectivity index (χ0v) is 61.0. The number of carbonyl (C=O) groups excluding carboxylic acids is 4. The fraction of sp³-hybridized carbons (Fsp3) is 0.829. The van der Waals surface area contributed by atoms with Gasteiger partial charge < -0.3 is 84.7 Å². The Labute approximate surface area is 570 Å². The molecule has 0 unspecified atom stereocenters. The number of amides is 2. The van der Waals surface area contributed by atoms with Gasteiger partial charge in [-0.2, -0.15) is 0 Å². The summed E-state index contributed by atoms with van der Waals surface area (Å²) < 4.78 is 66.4. The number of ketones is 2. The zero-order valence-electron chi connectivity index (χ0n) is 61.0. The first-order chi connectivity index (χ1) is 45.2. The first-order valence-corrected chi connectivity index (χ1v) is 34.8. The summed E-state index contributed by atoms with van der Waals surface area (Å²) >= 11 is 0. The van der Waals surface area contributed by atoms with Crippen molar-refractivity contribution < 1.29 is 76.0 Å². The Balaban J connectivity index is 0.000000960.